The van der Waals surface area contributed by atoms with E-state index in [0.717, 1.165) is 15.7 Å². The van der Waals surface area contributed by atoms with Crippen LogP contribution in [-0.4, -0.2) is 4.92 Å². The van der Waals surface area contributed by atoms with E-state index < -0.39 is 0 Å². The number of anilines is 1. The number of hydrogen-bond donors (Lipinski definition) is 1. The molecule has 0 aliphatic carbocycles. The lowest BCUT2D eigenvalue weighted by molar-refractivity contribution is -0.384. The highest BCUT2D eigenvalue weighted by Crippen LogP contribution is 2.30. The molecular weight excluding hydrogens is 332 g/mol. The highest BCUT2D eigenvalue weighted by Gasteiger charge is 2.13. The lowest BCUT2D eigenvalue weighted by Crippen LogP contribution is -2.08. The number of non-ortho nitro benzene ring substituents is 1. The summed E-state index contributed by atoms with van der Waals surface area (Å²) >= 11 is 3.42. The monoisotopic (exact) mass is 348 g/mol. The summed E-state index contributed by atoms with van der Waals surface area (Å²) in [6, 6.07) is 11.1. The van der Waals surface area contributed by atoms with E-state index in [1.54, 1.807) is 12.1 Å². The molecule has 0 saturated carbocycles. The molecule has 21 heavy (non-hydrogen) atoms. The molecule has 0 aliphatic rings. The molecule has 0 spiro atoms. The molecule has 0 saturated heterocycles. The Morgan fingerprint density at radius 3 is 2.33 bits per heavy atom. The minimum Gasteiger partial charge on any atom is -0.377 e. The summed E-state index contributed by atoms with van der Waals surface area (Å²) in [7, 11) is 0. The van der Waals surface area contributed by atoms with Crippen LogP contribution in [0.5, 0.6) is 0 Å². The van der Waals surface area contributed by atoms with Crippen LogP contribution in [0.15, 0.2) is 40.9 Å². The molecule has 0 aromatic heterocycles. The maximum absolute atomic E-state index is 10.9. The zero-order chi connectivity index (χ0) is 15.6. The standard InChI is InChI=1S/C16H17BrN2O2/c1-10-6-11(2)8-13(7-10)12(3)18-16-9-14(19(20)21)4-5-15(16)17/h4-9,12,18H,1-3H3. The van der Waals surface area contributed by atoms with Crippen molar-refractivity contribution in [3.05, 3.63) is 67.7 Å². The molecule has 1 N–H and O–H groups in total. The minimum absolute atomic E-state index is 0.0573. The average molecular weight is 349 g/mol. The van der Waals surface area contributed by atoms with Crippen molar-refractivity contribution in [1.82, 2.24) is 0 Å². The zero-order valence-corrected chi connectivity index (χ0v) is 13.8. The Labute approximate surface area is 132 Å². The quantitative estimate of drug-likeness (QED) is 0.614. The molecule has 2 rings (SSSR count). The van der Waals surface area contributed by atoms with Crippen LogP contribution < -0.4 is 5.32 Å². The number of hydrogen-bond acceptors (Lipinski definition) is 3. The third kappa shape index (κ3) is 3.82. The zero-order valence-electron chi connectivity index (χ0n) is 12.2. The van der Waals surface area contributed by atoms with Gasteiger partial charge in [-0.25, -0.2) is 0 Å². The van der Waals surface area contributed by atoms with E-state index >= 15 is 0 Å². The van der Waals surface area contributed by atoms with Crippen LogP contribution in [0.1, 0.15) is 29.7 Å². The molecule has 2 aromatic rings. The van der Waals surface area contributed by atoms with Crippen LogP contribution >= 0.6 is 15.9 Å². The topological polar surface area (TPSA) is 55.2 Å². The second-order valence-electron chi connectivity index (χ2n) is 5.21. The Balaban J connectivity index is 2.28. The Hall–Kier alpha value is -1.88. The lowest BCUT2D eigenvalue weighted by Gasteiger charge is -2.18. The molecule has 0 fully saturated rings. The molecule has 4 nitrogen and oxygen atoms in total. The summed E-state index contributed by atoms with van der Waals surface area (Å²) in [5.74, 6) is 0. The van der Waals surface area contributed by atoms with Gasteiger partial charge in [-0.1, -0.05) is 29.3 Å². The number of nitro groups is 1. The van der Waals surface area contributed by atoms with Crippen LogP contribution in [0.3, 0.4) is 0 Å². The molecule has 0 aliphatic heterocycles. The Morgan fingerprint density at radius 2 is 1.76 bits per heavy atom. The van der Waals surface area contributed by atoms with Crippen LogP contribution in [0.2, 0.25) is 0 Å². The van der Waals surface area contributed by atoms with Crippen molar-refractivity contribution in [2.24, 2.45) is 0 Å². The van der Waals surface area contributed by atoms with Gasteiger partial charge in [0.2, 0.25) is 0 Å². The number of rotatable bonds is 4. The molecule has 0 heterocycles. The number of halogens is 1. The summed E-state index contributed by atoms with van der Waals surface area (Å²) in [6.07, 6.45) is 0. The summed E-state index contributed by atoms with van der Waals surface area (Å²) in [4.78, 5) is 10.5. The van der Waals surface area contributed by atoms with Crippen molar-refractivity contribution in [2.75, 3.05) is 5.32 Å². The lowest BCUT2D eigenvalue weighted by atomic mass is 10.0. The molecule has 2 aromatic carbocycles. The minimum atomic E-state index is -0.390. The van der Waals surface area contributed by atoms with E-state index in [1.165, 1.54) is 17.2 Å². The summed E-state index contributed by atoms with van der Waals surface area (Å²) in [5.41, 5.74) is 4.36. The van der Waals surface area contributed by atoms with Crippen molar-refractivity contribution in [2.45, 2.75) is 26.8 Å². The summed E-state index contributed by atoms with van der Waals surface area (Å²) in [6.45, 7) is 6.17. The van der Waals surface area contributed by atoms with Crippen LogP contribution in [0, 0.1) is 24.0 Å². The third-order valence-corrected chi connectivity index (χ3v) is 3.97. The second kappa shape index (κ2) is 6.26. The second-order valence-corrected chi connectivity index (χ2v) is 6.06. The Morgan fingerprint density at radius 1 is 1.14 bits per heavy atom. The van der Waals surface area contributed by atoms with E-state index in [1.807, 2.05) is 6.92 Å². The first-order valence-electron chi connectivity index (χ1n) is 6.65. The Kier molecular flexibility index (Phi) is 4.63. The van der Waals surface area contributed by atoms with E-state index in [0.29, 0.717) is 0 Å². The normalized spacial score (nSPS) is 12.0. The van der Waals surface area contributed by atoms with E-state index in [2.05, 4.69) is 53.3 Å². The molecule has 5 heteroatoms. The highest BCUT2D eigenvalue weighted by atomic mass is 79.9. The fraction of sp³-hybridized carbons (Fsp3) is 0.250. The first-order valence-corrected chi connectivity index (χ1v) is 7.45. The van der Waals surface area contributed by atoms with Crippen LogP contribution in [0.25, 0.3) is 0 Å². The highest BCUT2D eigenvalue weighted by molar-refractivity contribution is 9.10. The summed E-state index contributed by atoms with van der Waals surface area (Å²) < 4.78 is 0.810. The molecule has 0 amide bonds. The average Bonchev–Trinajstić information content (AvgIpc) is 2.39. The summed E-state index contributed by atoms with van der Waals surface area (Å²) in [5, 5.41) is 14.2. The van der Waals surface area contributed by atoms with Crippen molar-refractivity contribution >= 4 is 27.3 Å². The SMILES string of the molecule is Cc1cc(C)cc(C(C)Nc2cc([N+](=O)[O-])ccc2Br)c1. The van der Waals surface area contributed by atoms with Crippen molar-refractivity contribution in [1.29, 1.82) is 0 Å². The number of nitrogens with zero attached hydrogens (tertiary/aromatic N) is 1. The third-order valence-electron chi connectivity index (χ3n) is 3.28. The van der Waals surface area contributed by atoms with Gasteiger partial charge in [0.25, 0.3) is 5.69 Å². The van der Waals surface area contributed by atoms with Gasteiger partial charge in [0.1, 0.15) is 0 Å². The Bertz CT molecular complexity index is 666. The van der Waals surface area contributed by atoms with Gasteiger partial charge < -0.3 is 5.32 Å². The fourth-order valence-electron chi connectivity index (χ4n) is 2.31. The van der Waals surface area contributed by atoms with Crippen molar-refractivity contribution < 1.29 is 4.92 Å². The molecule has 1 unspecified atom stereocenters. The van der Waals surface area contributed by atoms with Crippen molar-refractivity contribution in [3.63, 3.8) is 0 Å². The van der Waals surface area contributed by atoms with E-state index in [4.69, 9.17) is 0 Å². The first-order chi connectivity index (χ1) is 9.86. The largest absolute Gasteiger partial charge is 0.377 e. The van der Waals surface area contributed by atoms with Crippen LogP contribution in [0.4, 0.5) is 11.4 Å². The molecule has 0 bridgehead atoms. The number of nitrogens with one attached hydrogen (secondary N) is 1. The van der Waals surface area contributed by atoms with E-state index in [9.17, 15) is 10.1 Å². The molecule has 0 radical (unpaired) electrons. The van der Waals surface area contributed by atoms with Gasteiger partial charge >= 0.3 is 0 Å². The van der Waals surface area contributed by atoms with Gasteiger partial charge in [-0.3, -0.25) is 10.1 Å². The van der Waals surface area contributed by atoms with Gasteiger partial charge in [0.05, 0.1) is 10.6 Å². The van der Waals surface area contributed by atoms with Gasteiger partial charge in [-0.15, -0.1) is 0 Å². The number of aryl methyl sites for hydroxylation is 2. The van der Waals surface area contributed by atoms with E-state index in [-0.39, 0.29) is 16.7 Å². The first kappa shape index (κ1) is 15.5. The van der Waals surface area contributed by atoms with Gasteiger partial charge in [-0.05, 0) is 48.3 Å². The predicted molar refractivity (Wildman–Crippen MR) is 88.8 cm³/mol. The smallest absolute Gasteiger partial charge is 0.271 e. The number of nitro benzene ring substituents is 1. The molecular formula is C16H17BrN2O2. The van der Waals surface area contributed by atoms with Gasteiger partial charge in [0.15, 0.2) is 0 Å². The van der Waals surface area contributed by atoms with Gasteiger partial charge in [-0.2, -0.15) is 0 Å². The molecule has 1 atom stereocenters. The van der Waals surface area contributed by atoms with Gasteiger partial charge in [0, 0.05) is 22.6 Å². The van der Waals surface area contributed by atoms with Crippen LogP contribution in [-0.2, 0) is 0 Å². The fourth-order valence-corrected chi connectivity index (χ4v) is 2.68. The maximum Gasteiger partial charge on any atom is 0.271 e. The maximum atomic E-state index is 10.9. The van der Waals surface area contributed by atoms with Crippen molar-refractivity contribution in [3.8, 4) is 0 Å². The molecule has 110 valence electrons. The predicted octanol–water partition coefficient (Wildman–Crippen LogP) is 5.15. The number of benzene rings is 2.